The minimum absolute atomic E-state index is 0.170. The van der Waals surface area contributed by atoms with Crippen LogP contribution in [0.2, 0.25) is 5.02 Å². The molecule has 26 heavy (non-hydrogen) atoms. The maximum Gasteiger partial charge on any atom is 0.121 e. The first-order valence-electron chi connectivity index (χ1n) is 9.33. The lowest BCUT2D eigenvalue weighted by Crippen LogP contribution is -2.47. The van der Waals surface area contributed by atoms with Crippen LogP contribution < -0.4 is 15.4 Å². The van der Waals surface area contributed by atoms with E-state index in [0.29, 0.717) is 11.6 Å². The molecule has 1 aliphatic rings. The van der Waals surface area contributed by atoms with Crippen molar-refractivity contribution in [2.45, 2.75) is 39.3 Å². The van der Waals surface area contributed by atoms with Crippen molar-refractivity contribution in [3.63, 3.8) is 0 Å². The van der Waals surface area contributed by atoms with Gasteiger partial charge in [-0.15, -0.1) is 0 Å². The van der Waals surface area contributed by atoms with Gasteiger partial charge in [-0.05, 0) is 46.2 Å². The molecule has 0 unspecified atom stereocenters. The molecule has 0 saturated carbocycles. The fourth-order valence-corrected chi connectivity index (χ4v) is 3.23. The van der Waals surface area contributed by atoms with E-state index in [1.807, 2.05) is 12.1 Å². The molecule has 2 aromatic carbocycles. The SMILES string of the molecule is CC(C)(C)c1ccc(COc2cc(Cl)cc(CNCC3CNC3)c2)cc1. The monoisotopic (exact) mass is 372 g/mol. The van der Waals surface area contributed by atoms with Gasteiger partial charge in [-0.2, -0.15) is 0 Å². The van der Waals surface area contributed by atoms with Crippen LogP contribution in [0.15, 0.2) is 42.5 Å². The highest BCUT2D eigenvalue weighted by molar-refractivity contribution is 6.30. The van der Waals surface area contributed by atoms with E-state index in [1.54, 1.807) is 0 Å². The molecular weight excluding hydrogens is 344 g/mol. The second-order valence-electron chi connectivity index (χ2n) is 8.19. The van der Waals surface area contributed by atoms with Crippen LogP contribution in [0.4, 0.5) is 0 Å². The van der Waals surface area contributed by atoms with Gasteiger partial charge in [0.15, 0.2) is 0 Å². The molecule has 2 N–H and O–H groups in total. The summed E-state index contributed by atoms with van der Waals surface area (Å²) in [6.07, 6.45) is 0. The smallest absolute Gasteiger partial charge is 0.121 e. The van der Waals surface area contributed by atoms with Gasteiger partial charge in [0, 0.05) is 31.2 Å². The van der Waals surface area contributed by atoms with Crippen molar-refractivity contribution in [3.8, 4) is 5.75 Å². The average molecular weight is 373 g/mol. The van der Waals surface area contributed by atoms with Crippen LogP contribution in [-0.2, 0) is 18.6 Å². The number of rotatable bonds is 7. The second kappa shape index (κ2) is 8.43. The van der Waals surface area contributed by atoms with E-state index in [9.17, 15) is 0 Å². The first-order valence-corrected chi connectivity index (χ1v) is 9.71. The summed E-state index contributed by atoms with van der Waals surface area (Å²) in [6.45, 7) is 11.3. The van der Waals surface area contributed by atoms with Crippen molar-refractivity contribution in [1.29, 1.82) is 0 Å². The van der Waals surface area contributed by atoms with Gasteiger partial charge in [-0.25, -0.2) is 0 Å². The lowest BCUT2D eigenvalue weighted by molar-refractivity contribution is 0.305. The number of hydrogen-bond acceptors (Lipinski definition) is 3. The van der Waals surface area contributed by atoms with Crippen LogP contribution in [0.5, 0.6) is 5.75 Å². The summed E-state index contributed by atoms with van der Waals surface area (Å²) in [5, 5.41) is 7.50. The van der Waals surface area contributed by atoms with E-state index in [2.05, 4.69) is 61.7 Å². The van der Waals surface area contributed by atoms with Crippen LogP contribution >= 0.6 is 11.6 Å². The third kappa shape index (κ3) is 5.47. The Bertz CT molecular complexity index is 718. The van der Waals surface area contributed by atoms with Crippen molar-refractivity contribution < 1.29 is 4.74 Å². The van der Waals surface area contributed by atoms with Crippen molar-refractivity contribution in [2.75, 3.05) is 19.6 Å². The highest BCUT2D eigenvalue weighted by atomic mass is 35.5. The normalized spacial score (nSPS) is 14.9. The predicted molar refractivity (Wildman–Crippen MR) is 109 cm³/mol. The van der Waals surface area contributed by atoms with Crippen molar-refractivity contribution in [2.24, 2.45) is 5.92 Å². The summed E-state index contributed by atoms with van der Waals surface area (Å²) in [5.74, 6) is 1.57. The number of benzene rings is 2. The molecule has 3 nitrogen and oxygen atoms in total. The lowest BCUT2D eigenvalue weighted by Gasteiger charge is -2.27. The van der Waals surface area contributed by atoms with Gasteiger partial charge in [0.05, 0.1) is 0 Å². The minimum atomic E-state index is 0.170. The van der Waals surface area contributed by atoms with Gasteiger partial charge >= 0.3 is 0 Å². The third-order valence-corrected chi connectivity index (χ3v) is 5.00. The van der Waals surface area contributed by atoms with Gasteiger partial charge in [-0.3, -0.25) is 0 Å². The Hall–Kier alpha value is -1.55. The summed E-state index contributed by atoms with van der Waals surface area (Å²) in [5.41, 5.74) is 3.82. The van der Waals surface area contributed by atoms with Gasteiger partial charge in [-0.1, -0.05) is 56.6 Å². The number of halogens is 1. The van der Waals surface area contributed by atoms with E-state index in [4.69, 9.17) is 16.3 Å². The Balaban J connectivity index is 1.55. The summed E-state index contributed by atoms with van der Waals surface area (Å²) in [4.78, 5) is 0. The summed E-state index contributed by atoms with van der Waals surface area (Å²) < 4.78 is 5.98. The molecule has 0 radical (unpaired) electrons. The van der Waals surface area contributed by atoms with Crippen LogP contribution in [-0.4, -0.2) is 19.6 Å². The molecule has 0 aliphatic carbocycles. The largest absolute Gasteiger partial charge is 0.489 e. The fourth-order valence-electron chi connectivity index (χ4n) is 2.99. The molecule has 0 atom stereocenters. The lowest BCUT2D eigenvalue weighted by atomic mass is 9.87. The Kier molecular flexibility index (Phi) is 6.23. The van der Waals surface area contributed by atoms with Gasteiger partial charge in [0.1, 0.15) is 12.4 Å². The molecule has 1 fully saturated rings. The average Bonchev–Trinajstić information content (AvgIpc) is 2.54. The summed E-state index contributed by atoms with van der Waals surface area (Å²) >= 11 is 6.26. The number of nitrogens with one attached hydrogen (secondary N) is 2. The quantitative estimate of drug-likeness (QED) is 0.749. The van der Waals surface area contributed by atoms with Crippen LogP contribution in [0.1, 0.15) is 37.5 Å². The predicted octanol–water partition coefficient (Wildman–Crippen LogP) is 4.53. The molecule has 0 aromatic heterocycles. The first kappa shape index (κ1) is 19.2. The van der Waals surface area contributed by atoms with Gasteiger partial charge in [0.2, 0.25) is 0 Å². The molecule has 0 bridgehead atoms. The Morgan fingerprint density at radius 2 is 1.81 bits per heavy atom. The van der Waals surface area contributed by atoms with Crippen LogP contribution in [0.3, 0.4) is 0 Å². The number of ether oxygens (including phenoxy) is 1. The topological polar surface area (TPSA) is 33.3 Å². The molecule has 4 heteroatoms. The van der Waals surface area contributed by atoms with E-state index >= 15 is 0 Å². The molecule has 0 amide bonds. The molecule has 1 saturated heterocycles. The fraction of sp³-hybridized carbons (Fsp3) is 0.455. The highest BCUT2D eigenvalue weighted by Crippen LogP contribution is 2.24. The van der Waals surface area contributed by atoms with E-state index in [0.717, 1.165) is 49.0 Å². The molecule has 2 aromatic rings. The Morgan fingerprint density at radius 3 is 2.42 bits per heavy atom. The molecular formula is C22H29ClN2O. The molecule has 0 spiro atoms. The minimum Gasteiger partial charge on any atom is -0.489 e. The van der Waals surface area contributed by atoms with Crippen LogP contribution in [0, 0.1) is 5.92 Å². The standard InChI is InChI=1S/C22H29ClN2O/c1-22(2,3)19-6-4-16(5-7-19)15-26-21-9-17(8-20(23)10-21)11-24-12-18-13-25-14-18/h4-10,18,24-25H,11-15H2,1-3H3. The molecule has 140 valence electrons. The van der Waals surface area contributed by atoms with Crippen molar-refractivity contribution in [1.82, 2.24) is 10.6 Å². The zero-order valence-corrected chi connectivity index (χ0v) is 16.7. The second-order valence-corrected chi connectivity index (χ2v) is 8.62. The van der Waals surface area contributed by atoms with Crippen LogP contribution in [0.25, 0.3) is 0 Å². The van der Waals surface area contributed by atoms with Gasteiger partial charge in [0.25, 0.3) is 0 Å². The number of hydrogen-bond donors (Lipinski definition) is 2. The molecule has 3 rings (SSSR count). The van der Waals surface area contributed by atoms with E-state index < -0.39 is 0 Å². The molecule has 1 aliphatic heterocycles. The first-order chi connectivity index (χ1) is 12.4. The van der Waals surface area contributed by atoms with Crippen molar-refractivity contribution >= 4 is 11.6 Å². The van der Waals surface area contributed by atoms with E-state index in [-0.39, 0.29) is 5.41 Å². The zero-order valence-electron chi connectivity index (χ0n) is 15.9. The Morgan fingerprint density at radius 1 is 1.08 bits per heavy atom. The Labute approximate surface area is 162 Å². The highest BCUT2D eigenvalue weighted by Gasteiger charge is 2.15. The third-order valence-electron chi connectivity index (χ3n) is 4.78. The van der Waals surface area contributed by atoms with Crippen molar-refractivity contribution in [3.05, 3.63) is 64.2 Å². The molecule has 1 heterocycles. The summed E-state index contributed by atoms with van der Waals surface area (Å²) in [6, 6.07) is 14.6. The maximum absolute atomic E-state index is 6.26. The summed E-state index contributed by atoms with van der Waals surface area (Å²) in [7, 11) is 0. The maximum atomic E-state index is 6.26. The van der Waals surface area contributed by atoms with Gasteiger partial charge < -0.3 is 15.4 Å². The zero-order chi connectivity index (χ0) is 18.6. The van der Waals surface area contributed by atoms with E-state index in [1.165, 1.54) is 5.56 Å².